The molecule has 0 saturated carbocycles. The third-order valence-corrected chi connectivity index (χ3v) is 8.82. The van der Waals surface area contributed by atoms with Gasteiger partial charge in [-0.25, -0.2) is 0 Å². The third kappa shape index (κ3) is 17.3. The van der Waals surface area contributed by atoms with E-state index in [0.717, 1.165) is 8.95 Å². The zero-order valence-corrected chi connectivity index (χ0v) is 33.9. The van der Waals surface area contributed by atoms with Crippen LogP contribution in [0.2, 0.25) is 0 Å². The lowest BCUT2D eigenvalue weighted by molar-refractivity contribution is -0.143. The summed E-state index contributed by atoms with van der Waals surface area (Å²) in [4.78, 5) is 80.2. The number of benzene rings is 2. The molecule has 5 N–H and O–H groups in total. The van der Waals surface area contributed by atoms with Crippen molar-refractivity contribution in [3.8, 4) is 0 Å². The van der Waals surface area contributed by atoms with E-state index >= 15 is 0 Å². The summed E-state index contributed by atoms with van der Waals surface area (Å²) in [6.07, 6.45) is 9.11. The monoisotopic (exact) mass is 894 g/mol. The molecule has 2 heterocycles. The Hall–Kier alpha value is -5.48. The summed E-state index contributed by atoms with van der Waals surface area (Å²) < 4.78 is 6.56. The number of carbonyl (C=O) groups excluding carboxylic acids is 5. The predicted octanol–water partition coefficient (Wildman–Crippen LogP) is 6.93. The first-order chi connectivity index (χ1) is 26.9. The molecule has 0 saturated heterocycles. The first-order valence-corrected chi connectivity index (χ1v) is 19.5. The number of amides is 4. The summed E-state index contributed by atoms with van der Waals surface area (Å²) in [6.45, 7) is 2.10. The molecule has 0 aliphatic carbocycles. The Morgan fingerprint density at radius 1 is 0.661 bits per heavy atom. The molecular weight excluding hydrogens is 852 g/mol. The molecule has 0 radical (unpaired) electrons. The van der Waals surface area contributed by atoms with Gasteiger partial charge in [0.25, 0.3) is 11.8 Å². The van der Waals surface area contributed by atoms with Crippen LogP contribution in [0.3, 0.4) is 0 Å². The number of nitrogens with zero attached hydrogens (tertiary/aromatic N) is 2. The van der Waals surface area contributed by atoms with Crippen molar-refractivity contribution in [3.63, 3.8) is 0 Å². The summed E-state index contributed by atoms with van der Waals surface area (Å²) in [6, 6.07) is 19.3. The predicted molar refractivity (Wildman–Crippen MR) is 218 cm³/mol. The molecule has 296 valence electrons. The quantitative estimate of drug-likeness (QED) is 0.0485. The number of aromatic nitrogens is 2. The van der Waals surface area contributed by atoms with Gasteiger partial charge >= 0.3 is 11.9 Å². The van der Waals surface area contributed by atoms with Crippen LogP contribution in [0.25, 0.3) is 0 Å². The van der Waals surface area contributed by atoms with E-state index in [-0.39, 0.29) is 36.5 Å². The number of ether oxygens (including phenoxy) is 1. The second-order valence-corrected chi connectivity index (χ2v) is 14.1. The maximum atomic E-state index is 12.8. The van der Waals surface area contributed by atoms with Crippen LogP contribution in [0.1, 0.15) is 79.0 Å². The van der Waals surface area contributed by atoms with Crippen LogP contribution in [0.5, 0.6) is 0 Å². The number of unbranched alkanes of at least 4 members (excludes halogenated alkanes) is 2. The van der Waals surface area contributed by atoms with E-state index in [4.69, 9.17) is 9.84 Å². The molecule has 0 aliphatic rings. The fourth-order valence-electron chi connectivity index (χ4n) is 5.08. The number of pyridine rings is 2. The maximum absolute atomic E-state index is 12.8. The molecule has 2 atom stereocenters. The zero-order valence-electron chi connectivity index (χ0n) is 30.7. The number of hydrogen-bond acceptors (Lipinski definition) is 9. The minimum Gasteiger partial charge on any atom is -0.481 e. The molecule has 2 aromatic heterocycles. The van der Waals surface area contributed by atoms with Gasteiger partial charge in [-0.1, -0.05) is 56.8 Å². The molecule has 2 unspecified atom stereocenters. The number of aliphatic carboxylic acids is 1. The number of esters is 1. The Bertz CT molecular complexity index is 1900. The SMILES string of the molecule is CCOC(=O)CCCCC(NC(=O)c1cccnc1)C(=O)Nc1cccc(Br)c1.O=C(O)CCCCC(NC(=O)c1cccnc1)C(=O)Nc1cccc(Br)c1. The average Bonchev–Trinajstić information content (AvgIpc) is 3.18. The lowest BCUT2D eigenvalue weighted by Crippen LogP contribution is -2.43. The van der Waals surface area contributed by atoms with E-state index in [1.165, 1.54) is 12.4 Å². The Kier molecular flexibility index (Phi) is 19.9. The molecule has 56 heavy (non-hydrogen) atoms. The number of halogens is 2. The van der Waals surface area contributed by atoms with Crippen LogP contribution >= 0.6 is 31.9 Å². The van der Waals surface area contributed by atoms with Gasteiger partial charge in [0.05, 0.1) is 17.7 Å². The first-order valence-electron chi connectivity index (χ1n) is 17.9. The second kappa shape index (κ2) is 24.8. The van der Waals surface area contributed by atoms with E-state index in [0.29, 0.717) is 67.6 Å². The molecule has 4 aromatic rings. The summed E-state index contributed by atoms with van der Waals surface area (Å²) in [5.41, 5.74) is 1.94. The number of carboxylic acid groups (broad SMARTS) is 1. The minimum atomic E-state index is -0.885. The fraction of sp³-hybridized carbons (Fsp3) is 0.300. The lowest BCUT2D eigenvalue weighted by atomic mass is 10.1. The summed E-state index contributed by atoms with van der Waals surface area (Å²) in [5, 5.41) is 19.8. The highest BCUT2D eigenvalue weighted by atomic mass is 79.9. The van der Waals surface area contributed by atoms with Crippen LogP contribution in [0.15, 0.2) is 107 Å². The third-order valence-electron chi connectivity index (χ3n) is 7.84. The smallest absolute Gasteiger partial charge is 0.305 e. The van der Waals surface area contributed by atoms with Gasteiger partial charge in [0.2, 0.25) is 11.8 Å². The van der Waals surface area contributed by atoms with Crippen molar-refractivity contribution in [2.45, 2.75) is 70.4 Å². The second-order valence-electron chi connectivity index (χ2n) is 12.2. The Labute approximate surface area is 341 Å². The van der Waals surface area contributed by atoms with Crippen molar-refractivity contribution in [3.05, 3.63) is 118 Å². The molecule has 4 rings (SSSR count). The van der Waals surface area contributed by atoms with E-state index < -0.39 is 24.0 Å². The van der Waals surface area contributed by atoms with Gasteiger partial charge in [0, 0.05) is 57.9 Å². The normalized spacial score (nSPS) is 11.4. The van der Waals surface area contributed by atoms with E-state index in [9.17, 15) is 28.8 Å². The van der Waals surface area contributed by atoms with Gasteiger partial charge in [-0.2, -0.15) is 0 Å². The number of nitrogens with one attached hydrogen (secondary N) is 4. The zero-order chi connectivity index (χ0) is 40.7. The van der Waals surface area contributed by atoms with Crippen LogP contribution < -0.4 is 21.3 Å². The highest BCUT2D eigenvalue weighted by molar-refractivity contribution is 9.10. The highest BCUT2D eigenvalue weighted by Gasteiger charge is 2.23. The van der Waals surface area contributed by atoms with Crippen molar-refractivity contribution in [2.24, 2.45) is 0 Å². The minimum absolute atomic E-state index is 0.0243. The summed E-state index contributed by atoms with van der Waals surface area (Å²) in [7, 11) is 0. The molecule has 16 heteroatoms. The van der Waals surface area contributed by atoms with Crippen molar-refractivity contribution >= 4 is 78.8 Å². The van der Waals surface area contributed by atoms with Crippen molar-refractivity contribution in [2.75, 3.05) is 17.2 Å². The van der Waals surface area contributed by atoms with Crippen LogP contribution in [0.4, 0.5) is 11.4 Å². The topological polar surface area (TPSA) is 206 Å². The molecule has 4 amide bonds. The van der Waals surface area contributed by atoms with Gasteiger partial charge in [-0.3, -0.25) is 38.7 Å². The summed E-state index contributed by atoms with van der Waals surface area (Å²) >= 11 is 6.71. The van der Waals surface area contributed by atoms with Crippen molar-refractivity contribution in [1.82, 2.24) is 20.6 Å². The van der Waals surface area contributed by atoms with Crippen LogP contribution in [-0.4, -0.2) is 69.3 Å². The number of hydrogen-bond donors (Lipinski definition) is 5. The van der Waals surface area contributed by atoms with Gasteiger partial charge in [0.15, 0.2) is 0 Å². The number of carbonyl (C=O) groups is 6. The highest BCUT2D eigenvalue weighted by Crippen LogP contribution is 2.18. The number of rotatable bonds is 19. The standard InChI is InChI=1S/C21H24BrN3O4.C19H20BrN3O4/c1-2-29-19(26)11-4-3-10-18(25-20(27)15-7-6-12-23-14-15)21(28)24-17-9-5-8-16(22)13-17;20-14-6-3-7-15(11-14)22-19(27)16(8-1-2-9-17(24)25)23-18(26)13-5-4-10-21-12-13/h5-9,12-14,18H,2-4,10-11H2,1H3,(H,24,28)(H,25,27);3-7,10-12,16H,1-2,8-9H2,(H,22,27)(H,23,26)(H,24,25). The average molecular weight is 897 g/mol. The van der Waals surface area contributed by atoms with E-state index in [1.807, 2.05) is 18.2 Å². The molecule has 2 aromatic carbocycles. The number of anilines is 2. The molecule has 0 fully saturated rings. The van der Waals surface area contributed by atoms with Gasteiger partial charge in [0.1, 0.15) is 12.1 Å². The molecule has 14 nitrogen and oxygen atoms in total. The lowest BCUT2D eigenvalue weighted by Gasteiger charge is -2.18. The van der Waals surface area contributed by atoms with Gasteiger partial charge in [-0.15, -0.1) is 0 Å². The fourth-order valence-corrected chi connectivity index (χ4v) is 5.88. The van der Waals surface area contributed by atoms with Crippen LogP contribution in [0, 0.1) is 0 Å². The van der Waals surface area contributed by atoms with Crippen molar-refractivity contribution < 1.29 is 38.6 Å². The van der Waals surface area contributed by atoms with Crippen LogP contribution in [-0.2, 0) is 23.9 Å². The largest absolute Gasteiger partial charge is 0.481 e. The molecule has 0 aliphatic heterocycles. The number of carboxylic acids is 1. The van der Waals surface area contributed by atoms with Crippen molar-refractivity contribution in [1.29, 1.82) is 0 Å². The summed E-state index contributed by atoms with van der Waals surface area (Å²) in [5.74, 6) is -2.61. The molecule has 0 bridgehead atoms. The Morgan fingerprint density at radius 3 is 1.52 bits per heavy atom. The van der Waals surface area contributed by atoms with Gasteiger partial charge < -0.3 is 31.1 Å². The van der Waals surface area contributed by atoms with E-state index in [2.05, 4.69) is 63.1 Å². The first kappa shape index (κ1) is 44.9. The maximum Gasteiger partial charge on any atom is 0.305 e. The molecular formula is C40H44Br2N6O8. The Morgan fingerprint density at radius 2 is 1.12 bits per heavy atom. The van der Waals surface area contributed by atoms with E-state index in [1.54, 1.807) is 73.9 Å². The van der Waals surface area contributed by atoms with Gasteiger partial charge in [-0.05, 0) is 93.3 Å². The molecule has 0 spiro atoms. The Balaban J connectivity index is 0.000000301.